The van der Waals surface area contributed by atoms with Crippen LogP contribution in [0.5, 0.6) is 0 Å². The van der Waals surface area contributed by atoms with Crippen molar-refractivity contribution >= 4 is 21.8 Å². The maximum Gasteiger partial charge on any atom is 0.322 e. The Morgan fingerprint density at radius 3 is 2.46 bits per heavy atom. The van der Waals surface area contributed by atoms with Gasteiger partial charge in [0.2, 0.25) is 5.91 Å². The van der Waals surface area contributed by atoms with Crippen LogP contribution in [0.3, 0.4) is 0 Å². The van der Waals surface area contributed by atoms with Gasteiger partial charge in [0.05, 0.1) is 22.6 Å². The average Bonchev–Trinajstić information content (AvgIpc) is 3.10. The summed E-state index contributed by atoms with van der Waals surface area (Å²) in [7, 11) is -3.31. The molecule has 10 heteroatoms. The Balaban J connectivity index is 1.66. The van der Waals surface area contributed by atoms with Gasteiger partial charge in [0.15, 0.2) is 9.84 Å². The number of amides is 1. The normalized spacial score (nSPS) is 11.4. The first kappa shape index (κ1) is 19.6. The lowest BCUT2D eigenvalue weighted by molar-refractivity contribution is -0.115. The summed E-state index contributed by atoms with van der Waals surface area (Å²) in [6.45, 7) is 1.55. The molecule has 1 amide bonds. The number of carbonyl (C=O) groups is 1. The van der Waals surface area contributed by atoms with Crippen LogP contribution in [0, 0.1) is 11.6 Å². The van der Waals surface area contributed by atoms with Crippen molar-refractivity contribution in [3.8, 4) is 11.5 Å². The van der Waals surface area contributed by atoms with Crippen LogP contribution in [0.15, 0.2) is 51.8 Å². The van der Waals surface area contributed by atoms with E-state index in [4.69, 9.17) is 4.42 Å². The van der Waals surface area contributed by atoms with Crippen molar-refractivity contribution in [2.75, 3.05) is 11.1 Å². The van der Waals surface area contributed by atoms with Gasteiger partial charge in [0, 0.05) is 6.07 Å². The molecule has 0 aliphatic carbocycles. The first-order chi connectivity index (χ1) is 13.3. The van der Waals surface area contributed by atoms with E-state index in [1.807, 2.05) is 0 Å². The second-order valence-corrected chi connectivity index (χ2v) is 8.09. The molecule has 0 aliphatic heterocycles. The first-order valence-corrected chi connectivity index (χ1v) is 9.84. The van der Waals surface area contributed by atoms with Crippen molar-refractivity contribution in [1.82, 2.24) is 10.2 Å². The van der Waals surface area contributed by atoms with Gasteiger partial charge in [-0.1, -0.05) is 24.2 Å². The van der Waals surface area contributed by atoms with Crippen molar-refractivity contribution in [3.05, 3.63) is 59.7 Å². The maximum atomic E-state index is 13.7. The molecule has 2 aromatic carbocycles. The number of nitrogens with zero attached hydrogens (tertiary/aromatic N) is 2. The van der Waals surface area contributed by atoms with Crippen LogP contribution in [-0.4, -0.2) is 30.3 Å². The van der Waals surface area contributed by atoms with E-state index in [1.165, 1.54) is 24.3 Å². The summed E-state index contributed by atoms with van der Waals surface area (Å²) in [5.74, 6) is -2.32. The Kier molecular flexibility index (Phi) is 5.50. The summed E-state index contributed by atoms with van der Waals surface area (Å²) in [6, 6.07) is 8.57. The van der Waals surface area contributed by atoms with Crippen molar-refractivity contribution < 1.29 is 26.4 Å². The molecule has 1 aromatic heterocycles. The third-order valence-electron chi connectivity index (χ3n) is 3.86. The second-order valence-electron chi connectivity index (χ2n) is 5.81. The number of nitrogens with one attached hydrogen (secondary N) is 1. The molecule has 0 radical (unpaired) electrons. The summed E-state index contributed by atoms with van der Waals surface area (Å²) >= 11 is 0. The van der Waals surface area contributed by atoms with E-state index in [2.05, 4.69) is 15.5 Å². The molecule has 0 unspecified atom stereocenters. The zero-order valence-corrected chi connectivity index (χ0v) is 15.5. The molecule has 0 fully saturated rings. The van der Waals surface area contributed by atoms with Crippen LogP contribution < -0.4 is 5.32 Å². The first-order valence-electron chi connectivity index (χ1n) is 8.19. The summed E-state index contributed by atoms with van der Waals surface area (Å²) in [4.78, 5) is 12.3. The zero-order valence-electron chi connectivity index (χ0n) is 14.6. The van der Waals surface area contributed by atoms with Crippen LogP contribution in [0.2, 0.25) is 0 Å². The minimum atomic E-state index is -3.31. The summed E-state index contributed by atoms with van der Waals surface area (Å²) in [5.41, 5.74) is 0.485. The van der Waals surface area contributed by atoms with Gasteiger partial charge in [-0.25, -0.2) is 17.2 Å². The van der Waals surface area contributed by atoms with E-state index in [0.717, 1.165) is 12.1 Å². The molecular weight excluding hydrogens is 392 g/mol. The average molecular weight is 407 g/mol. The lowest BCUT2D eigenvalue weighted by atomic mass is 10.1. The molecule has 0 saturated heterocycles. The second kappa shape index (κ2) is 7.85. The van der Waals surface area contributed by atoms with Crippen LogP contribution >= 0.6 is 0 Å². The highest BCUT2D eigenvalue weighted by Crippen LogP contribution is 2.23. The van der Waals surface area contributed by atoms with E-state index in [0.29, 0.717) is 11.6 Å². The van der Waals surface area contributed by atoms with Gasteiger partial charge in [-0.05, 0) is 29.8 Å². The number of halogens is 2. The summed E-state index contributed by atoms with van der Waals surface area (Å²) < 4.78 is 55.4. The molecule has 146 valence electrons. The molecule has 7 nitrogen and oxygen atoms in total. The smallest absolute Gasteiger partial charge is 0.322 e. The van der Waals surface area contributed by atoms with Crippen molar-refractivity contribution in [2.45, 2.75) is 18.2 Å². The lowest BCUT2D eigenvalue weighted by Gasteiger charge is -2.04. The Hall–Kier alpha value is -3.14. The number of aromatic nitrogens is 2. The fourth-order valence-corrected chi connectivity index (χ4v) is 3.26. The fraction of sp³-hybridized carbons (Fsp3) is 0.167. The molecule has 3 rings (SSSR count). The van der Waals surface area contributed by atoms with Gasteiger partial charge >= 0.3 is 6.01 Å². The molecule has 0 saturated carbocycles. The molecule has 1 N–H and O–H groups in total. The number of hydrogen-bond donors (Lipinski definition) is 1. The number of benzene rings is 2. The maximum absolute atomic E-state index is 13.7. The molecule has 1 heterocycles. The predicted molar refractivity (Wildman–Crippen MR) is 96.2 cm³/mol. The fourth-order valence-electron chi connectivity index (χ4n) is 2.38. The predicted octanol–water partition coefficient (Wildman–Crippen LogP) is 2.99. The number of sulfone groups is 1. The standard InChI is InChI=1S/C18H15F2N3O4S/c1-2-28(25,26)13-6-3-11(4-7-13)9-16(24)21-18-23-22-17(27-18)14-8-5-12(19)10-15(14)20/h3-8,10H,2,9H2,1H3,(H,21,23,24). The largest absolute Gasteiger partial charge is 0.403 e. The molecule has 28 heavy (non-hydrogen) atoms. The van der Waals surface area contributed by atoms with E-state index >= 15 is 0 Å². The monoisotopic (exact) mass is 407 g/mol. The van der Waals surface area contributed by atoms with Crippen molar-refractivity contribution in [1.29, 1.82) is 0 Å². The van der Waals surface area contributed by atoms with E-state index in [1.54, 1.807) is 6.92 Å². The third-order valence-corrected chi connectivity index (χ3v) is 5.61. The summed E-state index contributed by atoms with van der Waals surface area (Å²) in [5, 5.41) is 9.60. The van der Waals surface area contributed by atoms with Crippen LogP contribution in [0.1, 0.15) is 12.5 Å². The van der Waals surface area contributed by atoms with Crippen LogP contribution in [0.25, 0.3) is 11.5 Å². The third kappa shape index (κ3) is 4.39. The minimum absolute atomic E-state index is 0.0129. The number of carbonyl (C=O) groups excluding carboxylic acids is 1. The van der Waals surface area contributed by atoms with Crippen molar-refractivity contribution in [2.24, 2.45) is 0 Å². The SMILES string of the molecule is CCS(=O)(=O)c1ccc(CC(=O)Nc2nnc(-c3ccc(F)cc3F)o2)cc1. The van der Waals surface area contributed by atoms with E-state index in [9.17, 15) is 22.0 Å². The van der Waals surface area contributed by atoms with Gasteiger partial charge in [-0.3, -0.25) is 10.1 Å². The van der Waals surface area contributed by atoms with Crippen LogP contribution in [0.4, 0.5) is 14.8 Å². The highest BCUT2D eigenvalue weighted by atomic mass is 32.2. The van der Waals surface area contributed by atoms with Gasteiger partial charge in [-0.15, -0.1) is 5.10 Å². The van der Waals surface area contributed by atoms with Gasteiger partial charge in [0.25, 0.3) is 5.89 Å². The van der Waals surface area contributed by atoms with Gasteiger partial charge in [-0.2, -0.15) is 0 Å². The van der Waals surface area contributed by atoms with Crippen molar-refractivity contribution in [3.63, 3.8) is 0 Å². The number of hydrogen-bond acceptors (Lipinski definition) is 6. The van der Waals surface area contributed by atoms with E-state index in [-0.39, 0.29) is 34.5 Å². The number of anilines is 1. The Morgan fingerprint density at radius 1 is 1.11 bits per heavy atom. The Morgan fingerprint density at radius 2 is 1.82 bits per heavy atom. The Labute approximate surface area is 159 Å². The minimum Gasteiger partial charge on any atom is -0.403 e. The molecule has 0 spiro atoms. The summed E-state index contributed by atoms with van der Waals surface area (Å²) in [6.07, 6.45) is -0.0604. The number of rotatable bonds is 6. The molecule has 0 aliphatic rings. The topological polar surface area (TPSA) is 102 Å². The molecular formula is C18H15F2N3O4S. The van der Waals surface area contributed by atoms with Crippen LogP contribution in [-0.2, 0) is 21.1 Å². The zero-order chi connectivity index (χ0) is 20.3. The molecule has 3 aromatic rings. The van der Waals surface area contributed by atoms with Gasteiger partial charge < -0.3 is 4.42 Å². The molecule has 0 bridgehead atoms. The lowest BCUT2D eigenvalue weighted by Crippen LogP contribution is -2.14. The molecule has 0 atom stereocenters. The van der Waals surface area contributed by atoms with Gasteiger partial charge in [0.1, 0.15) is 11.6 Å². The van der Waals surface area contributed by atoms with E-state index < -0.39 is 27.4 Å². The highest BCUT2D eigenvalue weighted by molar-refractivity contribution is 7.91. The Bertz CT molecular complexity index is 1110. The highest BCUT2D eigenvalue weighted by Gasteiger charge is 2.16. The quantitative estimate of drug-likeness (QED) is 0.674.